The quantitative estimate of drug-likeness (QED) is 0.690. The smallest absolute Gasteiger partial charge is 0.234 e. The van der Waals surface area contributed by atoms with Crippen LogP contribution in [0.1, 0.15) is 32.6 Å². The minimum atomic E-state index is 0.0697. The molecule has 0 bridgehead atoms. The lowest BCUT2D eigenvalue weighted by Gasteiger charge is -2.35. The van der Waals surface area contributed by atoms with Gasteiger partial charge in [-0.3, -0.25) is 9.69 Å². The first-order valence-electron chi connectivity index (χ1n) is 6.89. The third-order valence-corrected chi connectivity index (χ3v) is 3.42. The molecule has 3 N–H and O–H groups in total. The second kappa shape index (κ2) is 8.45. The van der Waals surface area contributed by atoms with Crippen molar-refractivity contribution in [2.24, 2.45) is 5.73 Å². The Morgan fingerprint density at radius 1 is 1.56 bits per heavy atom. The monoisotopic (exact) mass is 257 g/mol. The molecule has 1 rings (SSSR count). The molecule has 18 heavy (non-hydrogen) atoms. The number of hydrogen-bond donors (Lipinski definition) is 2. The Labute approximate surface area is 110 Å². The fourth-order valence-electron chi connectivity index (χ4n) is 2.58. The van der Waals surface area contributed by atoms with Gasteiger partial charge in [0.05, 0.1) is 13.2 Å². The fraction of sp³-hybridized carbons (Fsp3) is 0.923. The second-order valence-electron chi connectivity index (χ2n) is 5.12. The van der Waals surface area contributed by atoms with E-state index in [-0.39, 0.29) is 11.9 Å². The van der Waals surface area contributed by atoms with E-state index in [2.05, 4.69) is 10.2 Å². The Morgan fingerprint density at radius 2 is 2.33 bits per heavy atom. The number of ether oxygens (including phenoxy) is 1. The maximum absolute atomic E-state index is 11.9. The number of rotatable bonds is 7. The highest BCUT2D eigenvalue weighted by atomic mass is 16.5. The number of likely N-dealkylation sites (tertiary alicyclic amines) is 1. The van der Waals surface area contributed by atoms with Crippen LogP contribution in [-0.4, -0.2) is 56.2 Å². The van der Waals surface area contributed by atoms with E-state index in [4.69, 9.17) is 10.5 Å². The third kappa shape index (κ3) is 5.33. The van der Waals surface area contributed by atoms with Gasteiger partial charge in [-0.25, -0.2) is 0 Å². The molecule has 1 amide bonds. The standard InChI is InChI=1S/C13H27N3O2/c1-11(10-18-2)15-13(17)9-16-8-4-3-5-12(16)6-7-14/h11-12H,3-10,14H2,1-2H3,(H,15,17). The number of piperidine rings is 1. The lowest BCUT2D eigenvalue weighted by molar-refractivity contribution is -0.124. The van der Waals surface area contributed by atoms with Crippen LogP contribution in [0, 0.1) is 0 Å². The summed E-state index contributed by atoms with van der Waals surface area (Å²) in [7, 11) is 1.64. The van der Waals surface area contributed by atoms with Crippen LogP contribution in [0.15, 0.2) is 0 Å². The van der Waals surface area contributed by atoms with Gasteiger partial charge in [0.25, 0.3) is 0 Å². The van der Waals surface area contributed by atoms with Crippen molar-refractivity contribution in [1.29, 1.82) is 0 Å². The van der Waals surface area contributed by atoms with E-state index >= 15 is 0 Å². The number of amides is 1. The van der Waals surface area contributed by atoms with Crippen molar-refractivity contribution in [3.8, 4) is 0 Å². The predicted molar refractivity (Wildman–Crippen MR) is 72.4 cm³/mol. The van der Waals surface area contributed by atoms with Gasteiger partial charge in [-0.2, -0.15) is 0 Å². The van der Waals surface area contributed by atoms with E-state index in [1.165, 1.54) is 12.8 Å². The van der Waals surface area contributed by atoms with Gasteiger partial charge in [-0.15, -0.1) is 0 Å². The van der Waals surface area contributed by atoms with Gasteiger partial charge in [0.15, 0.2) is 0 Å². The molecule has 0 spiro atoms. The first-order chi connectivity index (χ1) is 8.67. The molecule has 5 heteroatoms. The Balaban J connectivity index is 2.36. The third-order valence-electron chi connectivity index (χ3n) is 3.42. The van der Waals surface area contributed by atoms with Crippen LogP contribution in [0.4, 0.5) is 0 Å². The fourth-order valence-corrected chi connectivity index (χ4v) is 2.58. The van der Waals surface area contributed by atoms with Crippen LogP contribution in [-0.2, 0) is 9.53 Å². The number of nitrogens with zero attached hydrogens (tertiary/aromatic N) is 1. The molecule has 2 atom stereocenters. The zero-order valence-electron chi connectivity index (χ0n) is 11.7. The molecule has 1 aliphatic rings. The van der Waals surface area contributed by atoms with Crippen molar-refractivity contribution < 1.29 is 9.53 Å². The molecule has 0 aromatic heterocycles. The minimum absolute atomic E-state index is 0.0697. The number of hydrogen-bond acceptors (Lipinski definition) is 4. The van der Waals surface area contributed by atoms with E-state index in [0.29, 0.717) is 25.7 Å². The SMILES string of the molecule is COCC(C)NC(=O)CN1CCCCC1CCN. The Hall–Kier alpha value is -0.650. The highest BCUT2D eigenvalue weighted by molar-refractivity contribution is 5.78. The van der Waals surface area contributed by atoms with Gasteiger partial charge >= 0.3 is 0 Å². The Morgan fingerprint density at radius 3 is 3.00 bits per heavy atom. The number of carbonyl (C=O) groups excluding carboxylic acids is 1. The molecule has 5 nitrogen and oxygen atoms in total. The van der Waals surface area contributed by atoms with Gasteiger partial charge in [-0.05, 0) is 39.3 Å². The van der Waals surface area contributed by atoms with Crippen molar-refractivity contribution in [3.05, 3.63) is 0 Å². The number of methoxy groups -OCH3 is 1. The highest BCUT2D eigenvalue weighted by Gasteiger charge is 2.23. The van der Waals surface area contributed by atoms with Gasteiger partial charge in [-0.1, -0.05) is 6.42 Å². The summed E-state index contributed by atoms with van der Waals surface area (Å²) in [5.74, 6) is 0.0865. The molecular formula is C13H27N3O2. The van der Waals surface area contributed by atoms with Crippen LogP contribution in [0.25, 0.3) is 0 Å². The Kier molecular flexibility index (Phi) is 7.23. The van der Waals surface area contributed by atoms with Gasteiger partial charge in [0, 0.05) is 19.2 Å². The summed E-state index contributed by atoms with van der Waals surface area (Å²) in [6.07, 6.45) is 4.59. The molecule has 1 aliphatic heterocycles. The van der Waals surface area contributed by atoms with Crippen molar-refractivity contribution in [1.82, 2.24) is 10.2 Å². The normalized spacial score (nSPS) is 22.7. The van der Waals surface area contributed by atoms with Crippen molar-refractivity contribution in [2.75, 3.05) is 33.4 Å². The summed E-state index contributed by atoms with van der Waals surface area (Å²) in [6, 6.07) is 0.549. The molecule has 1 saturated heterocycles. The largest absolute Gasteiger partial charge is 0.383 e. The van der Waals surface area contributed by atoms with Crippen LogP contribution < -0.4 is 11.1 Å². The highest BCUT2D eigenvalue weighted by Crippen LogP contribution is 2.18. The lowest BCUT2D eigenvalue weighted by Crippen LogP contribution is -2.48. The van der Waals surface area contributed by atoms with Crippen LogP contribution >= 0.6 is 0 Å². The average molecular weight is 257 g/mol. The topological polar surface area (TPSA) is 67.6 Å². The number of carbonyl (C=O) groups is 1. The minimum Gasteiger partial charge on any atom is -0.383 e. The van der Waals surface area contributed by atoms with Crippen molar-refractivity contribution in [2.45, 2.75) is 44.7 Å². The molecular weight excluding hydrogens is 230 g/mol. The summed E-state index contributed by atoms with van der Waals surface area (Å²) in [6.45, 7) is 4.70. The molecule has 0 aromatic rings. The first-order valence-corrected chi connectivity index (χ1v) is 6.89. The van der Waals surface area contributed by atoms with Crippen LogP contribution in [0.5, 0.6) is 0 Å². The zero-order valence-corrected chi connectivity index (χ0v) is 11.7. The summed E-state index contributed by atoms with van der Waals surface area (Å²) in [5, 5.41) is 2.95. The molecule has 1 fully saturated rings. The van der Waals surface area contributed by atoms with E-state index < -0.39 is 0 Å². The molecule has 0 aliphatic carbocycles. The molecule has 2 unspecified atom stereocenters. The van der Waals surface area contributed by atoms with Crippen LogP contribution in [0.3, 0.4) is 0 Å². The molecule has 106 valence electrons. The molecule has 0 saturated carbocycles. The maximum atomic E-state index is 11.9. The summed E-state index contributed by atoms with van der Waals surface area (Å²) in [5.41, 5.74) is 5.63. The van der Waals surface area contributed by atoms with E-state index in [9.17, 15) is 4.79 Å². The van der Waals surface area contributed by atoms with Gasteiger partial charge in [0.2, 0.25) is 5.91 Å². The molecule has 0 aromatic carbocycles. The molecule has 0 radical (unpaired) electrons. The number of nitrogens with two attached hydrogens (primary N) is 1. The van der Waals surface area contributed by atoms with E-state index in [0.717, 1.165) is 19.4 Å². The summed E-state index contributed by atoms with van der Waals surface area (Å²) < 4.78 is 5.01. The lowest BCUT2D eigenvalue weighted by atomic mass is 9.99. The maximum Gasteiger partial charge on any atom is 0.234 e. The molecule has 1 heterocycles. The summed E-state index contributed by atoms with van der Waals surface area (Å²) in [4.78, 5) is 14.2. The van der Waals surface area contributed by atoms with E-state index in [1.807, 2.05) is 6.92 Å². The first kappa shape index (κ1) is 15.4. The van der Waals surface area contributed by atoms with Crippen molar-refractivity contribution in [3.63, 3.8) is 0 Å². The Bertz CT molecular complexity index is 246. The van der Waals surface area contributed by atoms with Crippen molar-refractivity contribution >= 4 is 5.91 Å². The van der Waals surface area contributed by atoms with Crippen LogP contribution in [0.2, 0.25) is 0 Å². The predicted octanol–water partition coefficient (Wildman–Crippen LogP) is 0.341. The second-order valence-corrected chi connectivity index (χ2v) is 5.12. The van der Waals surface area contributed by atoms with E-state index in [1.54, 1.807) is 7.11 Å². The zero-order chi connectivity index (χ0) is 13.4. The number of nitrogens with one attached hydrogen (secondary N) is 1. The van der Waals surface area contributed by atoms with Gasteiger partial charge in [0.1, 0.15) is 0 Å². The summed E-state index contributed by atoms with van der Waals surface area (Å²) >= 11 is 0. The average Bonchev–Trinajstić information content (AvgIpc) is 2.32. The van der Waals surface area contributed by atoms with Gasteiger partial charge < -0.3 is 15.8 Å².